The van der Waals surface area contributed by atoms with Crippen molar-refractivity contribution in [2.45, 2.75) is 11.3 Å². The van der Waals surface area contributed by atoms with Gasteiger partial charge in [-0.1, -0.05) is 0 Å². The van der Waals surface area contributed by atoms with E-state index in [0.717, 1.165) is 0 Å². The zero-order valence-electron chi connectivity index (χ0n) is 10.8. The summed E-state index contributed by atoms with van der Waals surface area (Å²) in [5.74, 6) is 6.05. The van der Waals surface area contributed by atoms with E-state index in [2.05, 4.69) is 25.2 Å². The van der Waals surface area contributed by atoms with E-state index in [-0.39, 0.29) is 17.3 Å². The Bertz CT molecular complexity index is 682. The molecule has 0 saturated carbocycles. The fourth-order valence-corrected chi connectivity index (χ4v) is 2.58. The molecule has 0 aliphatic rings. The second-order valence-corrected chi connectivity index (χ2v) is 5.77. The summed E-state index contributed by atoms with van der Waals surface area (Å²) in [5.41, 5.74) is 2.30. The molecule has 9 nitrogen and oxygen atoms in total. The molecule has 0 amide bonds. The maximum Gasteiger partial charge on any atom is 0.240 e. The summed E-state index contributed by atoms with van der Waals surface area (Å²) in [6.45, 7) is 0.208. The van der Waals surface area contributed by atoms with Crippen molar-refractivity contribution in [3.8, 4) is 0 Å². The second kappa shape index (κ2) is 5.94. The van der Waals surface area contributed by atoms with E-state index in [0.29, 0.717) is 12.2 Å². The predicted molar refractivity (Wildman–Crippen MR) is 71.9 cm³/mol. The molecule has 0 aromatic carbocycles. The molecule has 108 valence electrons. The maximum absolute atomic E-state index is 12.0. The zero-order valence-corrected chi connectivity index (χ0v) is 11.6. The molecule has 2 aromatic rings. The van der Waals surface area contributed by atoms with E-state index in [9.17, 15) is 8.42 Å². The zero-order chi connectivity index (χ0) is 14.6. The number of nitrogen functional groups attached to an aromatic ring is 1. The van der Waals surface area contributed by atoms with Crippen molar-refractivity contribution in [3.05, 3.63) is 30.5 Å². The molecular weight excluding hydrogens is 282 g/mol. The van der Waals surface area contributed by atoms with Crippen molar-refractivity contribution >= 4 is 15.8 Å². The lowest BCUT2D eigenvalue weighted by Crippen LogP contribution is -2.26. The molecule has 2 aromatic heterocycles. The molecule has 0 aliphatic heterocycles. The molecule has 0 atom stereocenters. The minimum atomic E-state index is -3.60. The van der Waals surface area contributed by atoms with Gasteiger partial charge < -0.3 is 5.43 Å². The molecule has 2 heterocycles. The number of hydrazine groups is 1. The first kappa shape index (κ1) is 14.4. The van der Waals surface area contributed by atoms with Crippen LogP contribution in [0.5, 0.6) is 0 Å². The van der Waals surface area contributed by atoms with Crippen molar-refractivity contribution < 1.29 is 8.42 Å². The molecule has 0 aliphatic carbocycles. The fraction of sp³-hybridized carbons (Fsp3) is 0.300. The van der Waals surface area contributed by atoms with Gasteiger partial charge >= 0.3 is 0 Å². The number of nitrogens with two attached hydrogens (primary N) is 1. The quantitative estimate of drug-likeness (QED) is 0.461. The first-order valence-electron chi connectivity index (χ1n) is 5.78. The fourth-order valence-electron chi connectivity index (χ4n) is 1.54. The lowest BCUT2D eigenvalue weighted by Gasteiger charge is -2.06. The predicted octanol–water partition coefficient (Wildman–Crippen LogP) is -0.983. The smallest absolute Gasteiger partial charge is 0.240 e. The van der Waals surface area contributed by atoms with E-state index in [1.807, 2.05) is 0 Å². The molecule has 0 unspecified atom stereocenters. The van der Waals surface area contributed by atoms with Gasteiger partial charge in [0.25, 0.3) is 0 Å². The topological polar surface area (TPSA) is 128 Å². The third kappa shape index (κ3) is 3.50. The number of nitrogens with one attached hydrogen (secondary N) is 2. The van der Waals surface area contributed by atoms with Gasteiger partial charge in [-0.05, 0) is 6.07 Å². The van der Waals surface area contributed by atoms with Crippen LogP contribution in [-0.2, 0) is 23.5 Å². The molecule has 0 bridgehead atoms. The third-order valence-corrected chi connectivity index (χ3v) is 3.94. The van der Waals surface area contributed by atoms with Gasteiger partial charge in [-0.2, -0.15) is 5.10 Å². The van der Waals surface area contributed by atoms with Crippen LogP contribution in [0.25, 0.3) is 0 Å². The molecule has 0 spiro atoms. The van der Waals surface area contributed by atoms with Crippen LogP contribution >= 0.6 is 0 Å². The van der Waals surface area contributed by atoms with E-state index in [1.165, 1.54) is 18.3 Å². The maximum atomic E-state index is 12.0. The molecule has 4 N–H and O–H groups in total. The Kier molecular flexibility index (Phi) is 4.27. The summed E-state index contributed by atoms with van der Waals surface area (Å²) < 4.78 is 28.1. The number of sulfonamides is 1. The summed E-state index contributed by atoms with van der Waals surface area (Å²) in [7, 11) is -1.86. The highest BCUT2D eigenvalue weighted by molar-refractivity contribution is 7.89. The number of nitrogens with zero attached hydrogens (tertiary/aromatic N) is 4. The van der Waals surface area contributed by atoms with Crippen molar-refractivity contribution in [1.29, 1.82) is 0 Å². The third-order valence-electron chi connectivity index (χ3n) is 2.48. The summed E-state index contributed by atoms with van der Waals surface area (Å²) in [5, 5.41) is 4.06. The highest BCUT2D eigenvalue weighted by atomic mass is 32.2. The Labute approximate surface area is 116 Å². The van der Waals surface area contributed by atoms with Crippen molar-refractivity contribution in [2.75, 3.05) is 12.0 Å². The average molecular weight is 297 g/mol. The van der Waals surface area contributed by atoms with Crippen molar-refractivity contribution in [2.24, 2.45) is 12.9 Å². The molecule has 0 saturated heterocycles. The van der Waals surface area contributed by atoms with Crippen LogP contribution in [0.3, 0.4) is 0 Å². The van der Waals surface area contributed by atoms with Crippen molar-refractivity contribution in [3.63, 3.8) is 0 Å². The Morgan fingerprint density at radius 2 is 2.20 bits per heavy atom. The molecule has 2 rings (SSSR count). The first-order valence-corrected chi connectivity index (χ1v) is 7.26. The number of hydrogen-bond acceptors (Lipinski definition) is 7. The standard InChI is InChI=1S/C10H15N7O2S/c1-17-7-13-9(16-17)3-5-14-20(18,19)8-2-4-12-10(6-8)15-11/h2,4,6-7,14H,3,5,11H2,1H3,(H,12,15). The molecule has 0 radical (unpaired) electrons. The Morgan fingerprint density at radius 3 is 2.85 bits per heavy atom. The lowest BCUT2D eigenvalue weighted by molar-refractivity contribution is 0.580. The minimum absolute atomic E-state index is 0.0921. The van der Waals surface area contributed by atoms with Gasteiger partial charge in [0.1, 0.15) is 12.1 Å². The monoisotopic (exact) mass is 297 g/mol. The summed E-state index contributed by atoms with van der Waals surface area (Å²) in [6.07, 6.45) is 3.34. The van der Waals surface area contributed by atoms with Gasteiger partial charge in [0.2, 0.25) is 10.0 Å². The molecular formula is C10H15N7O2S. The molecule has 10 heteroatoms. The highest BCUT2D eigenvalue weighted by Crippen LogP contribution is 2.11. The minimum Gasteiger partial charge on any atom is -0.308 e. The van der Waals surface area contributed by atoms with Gasteiger partial charge in [-0.15, -0.1) is 0 Å². The van der Waals surface area contributed by atoms with E-state index >= 15 is 0 Å². The van der Waals surface area contributed by atoms with Crippen LogP contribution in [0.1, 0.15) is 5.82 Å². The number of pyridine rings is 1. The average Bonchev–Trinajstić information content (AvgIpc) is 2.84. The largest absolute Gasteiger partial charge is 0.308 e. The molecule has 20 heavy (non-hydrogen) atoms. The van der Waals surface area contributed by atoms with Crippen LogP contribution in [-0.4, -0.2) is 34.7 Å². The number of hydrogen-bond donors (Lipinski definition) is 3. The summed E-state index contributed by atoms with van der Waals surface area (Å²) in [6, 6.07) is 2.74. The van der Waals surface area contributed by atoms with Crippen molar-refractivity contribution in [1.82, 2.24) is 24.5 Å². The Morgan fingerprint density at radius 1 is 1.40 bits per heavy atom. The van der Waals surface area contributed by atoms with Crippen LogP contribution in [0.15, 0.2) is 29.6 Å². The molecule has 0 fully saturated rings. The Hall–Kier alpha value is -2.04. The van der Waals surface area contributed by atoms with Crippen LogP contribution < -0.4 is 16.0 Å². The van der Waals surface area contributed by atoms with E-state index < -0.39 is 10.0 Å². The van der Waals surface area contributed by atoms with Crippen LogP contribution in [0, 0.1) is 0 Å². The van der Waals surface area contributed by atoms with E-state index in [1.54, 1.807) is 18.1 Å². The van der Waals surface area contributed by atoms with Gasteiger partial charge in [-0.25, -0.2) is 29.0 Å². The summed E-state index contributed by atoms with van der Waals surface area (Å²) in [4.78, 5) is 7.96. The van der Waals surface area contributed by atoms with Gasteiger partial charge in [0.05, 0.1) is 4.90 Å². The lowest BCUT2D eigenvalue weighted by atomic mass is 10.4. The first-order chi connectivity index (χ1) is 9.51. The van der Waals surface area contributed by atoms with Gasteiger partial charge in [0, 0.05) is 32.3 Å². The number of aryl methyl sites for hydroxylation is 1. The van der Waals surface area contributed by atoms with E-state index in [4.69, 9.17) is 5.84 Å². The normalized spacial score (nSPS) is 11.5. The SMILES string of the molecule is Cn1cnc(CCNS(=O)(=O)c2ccnc(NN)c2)n1. The Balaban J connectivity index is 2.00. The van der Waals surface area contributed by atoms with Gasteiger partial charge in [-0.3, -0.25) is 4.68 Å². The number of anilines is 1. The second-order valence-electron chi connectivity index (χ2n) is 4.00. The number of rotatable bonds is 6. The highest BCUT2D eigenvalue weighted by Gasteiger charge is 2.14. The van der Waals surface area contributed by atoms with Crippen LogP contribution in [0.2, 0.25) is 0 Å². The summed E-state index contributed by atoms with van der Waals surface area (Å²) >= 11 is 0. The number of aromatic nitrogens is 4. The van der Waals surface area contributed by atoms with Crippen LogP contribution in [0.4, 0.5) is 5.82 Å². The van der Waals surface area contributed by atoms with Gasteiger partial charge in [0.15, 0.2) is 5.82 Å².